The number of fused-ring (bicyclic) bond motifs is 3. The van der Waals surface area contributed by atoms with Gasteiger partial charge in [0.05, 0.1) is 12.1 Å². The van der Waals surface area contributed by atoms with Gasteiger partial charge in [0.25, 0.3) is 5.56 Å². The molecule has 1 aliphatic carbocycles. The van der Waals surface area contributed by atoms with Crippen LogP contribution in [0.4, 0.5) is 0 Å². The summed E-state index contributed by atoms with van der Waals surface area (Å²) in [4.78, 5) is 15.6. The van der Waals surface area contributed by atoms with Crippen LogP contribution in [-0.4, -0.2) is 34.2 Å². The smallest absolute Gasteiger partial charge is 0.258 e. The van der Waals surface area contributed by atoms with Crippen molar-refractivity contribution in [1.82, 2.24) is 9.47 Å². The quantitative estimate of drug-likeness (QED) is 0.879. The Bertz CT molecular complexity index is 833. The Kier molecular flexibility index (Phi) is 2.94. The van der Waals surface area contributed by atoms with Crippen LogP contribution < -0.4 is 5.56 Å². The van der Waals surface area contributed by atoms with Crippen molar-refractivity contribution in [3.63, 3.8) is 0 Å². The third kappa shape index (κ3) is 1.95. The first kappa shape index (κ1) is 13.8. The number of hydrogen-bond acceptors (Lipinski definition) is 3. The van der Waals surface area contributed by atoms with Gasteiger partial charge in [-0.1, -0.05) is 12.1 Å². The average Bonchev–Trinajstić information content (AvgIpc) is 2.61. The minimum Gasteiger partial charge on any atom is -0.388 e. The second-order valence-corrected chi connectivity index (χ2v) is 7.40. The van der Waals surface area contributed by atoms with Gasteiger partial charge < -0.3 is 14.6 Å². The van der Waals surface area contributed by atoms with Crippen molar-refractivity contribution in [1.29, 1.82) is 0 Å². The number of piperidine rings is 3. The SMILES string of the molecule is O=c1c2cccc3c2c(cn1[C@@H]1CN2CCC1CC2)CC[C@H]3O. The molecule has 0 saturated carbocycles. The number of pyridine rings is 1. The molecule has 2 aromatic rings. The van der Waals surface area contributed by atoms with Gasteiger partial charge in [-0.3, -0.25) is 4.79 Å². The fourth-order valence-corrected chi connectivity index (χ4v) is 4.95. The normalized spacial score (nSPS) is 32.4. The van der Waals surface area contributed by atoms with Crippen LogP contribution in [0.1, 0.15) is 42.5 Å². The van der Waals surface area contributed by atoms with E-state index >= 15 is 0 Å². The van der Waals surface area contributed by atoms with E-state index in [2.05, 4.69) is 11.1 Å². The predicted octanol–water partition coefficient (Wildman–Crippen LogP) is 2.25. The molecule has 4 heteroatoms. The van der Waals surface area contributed by atoms with E-state index in [4.69, 9.17) is 0 Å². The maximum atomic E-state index is 13.1. The molecule has 1 N–H and O–H groups in total. The Morgan fingerprint density at radius 2 is 1.96 bits per heavy atom. The van der Waals surface area contributed by atoms with Crippen LogP contribution in [0.2, 0.25) is 0 Å². The van der Waals surface area contributed by atoms with E-state index in [0.29, 0.717) is 12.0 Å². The summed E-state index contributed by atoms with van der Waals surface area (Å²) in [6.07, 6.45) is 5.71. The summed E-state index contributed by atoms with van der Waals surface area (Å²) in [5.41, 5.74) is 2.29. The molecule has 4 heterocycles. The van der Waals surface area contributed by atoms with Gasteiger partial charge in [0.15, 0.2) is 0 Å². The summed E-state index contributed by atoms with van der Waals surface area (Å²) >= 11 is 0. The van der Waals surface area contributed by atoms with Gasteiger partial charge >= 0.3 is 0 Å². The van der Waals surface area contributed by atoms with Gasteiger partial charge in [-0.05, 0) is 67.3 Å². The number of aliphatic hydroxyl groups is 1. The summed E-state index contributed by atoms with van der Waals surface area (Å²) < 4.78 is 2.02. The van der Waals surface area contributed by atoms with Crippen molar-refractivity contribution in [2.75, 3.05) is 19.6 Å². The number of aliphatic hydroxyl groups excluding tert-OH is 1. The highest BCUT2D eigenvalue weighted by atomic mass is 16.3. The van der Waals surface area contributed by atoms with Gasteiger partial charge in [-0.15, -0.1) is 0 Å². The molecule has 4 aliphatic rings. The van der Waals surface area contributed by atoms with Crippen molar-refractivity contribution in [2.45, 2.75) is 37.8 Å². The zero-order chi connectivity index (χ0) is 15.6. The predicted molar refractivity (Wildman–Crippen MR) is 89.7 cm³/mol. The van der Waals surface area contributed by atoms with Crippen LogP contribution in [0.15, 0.2) is 29.2 Å². The molecule has 3 fully saturated rings. The van der Waals surface area contributed by atoms with E-state index in [-0.39, 0.29) is 5.56 Å². The molecule has 2 bridgehead atoms. The third-order valence-corrected chi connectivity index (χ3v) is 6.20. The highest BCUT2D eigenvalue weighted by molar-refractivity contribution is 5.89. The number of benzene rings is 1. The van der Waals surface area contributed by atoms with Crippen molar-refractivity contribution in [3.05, 3.63) is 45.9 Å². The number of aryl methyl sites for hydroxylation is 1. The van der Waals surface area contributed by atoms with Crippen LogP contribution in [-0.2, 0) is 6.42 Å². The first-order valence-corrected chi connectivity index (χ1v) is 8.79. The largest absolute Gasteiger partial charge is 0.388 e. The molecule has 3 saturated heterocycles. The lowest BCUT2D eigenvalue weighted by atomic mass is 9.83. The maximum absolute atomic E-state index is 13.1. The highest BCUT2D eigenvalue weighted by Crippen LogP contribution is 2.38. The molecule has 23 heavy (non-hydrogen) atoms. The lowest BCUT2D eigenvalue weighted by Gasteiger charge is -2.45. The molecule has 1 aromatic heterocycles. The number of aromatic nitrogens is 1. The van der Waals surface area contributed by atoms with E-state index in [1.165, 1.54) is 31.5 Å². The minimum atomic E-state index is -0.432. The van der Waals surface area contributed by atoms with Crippen LogP contribution in [0, 0.1) is 5.92 Å². The lowest BCUT2D eigenvalue weighted by molar-refractivity contribution is 0.0555. The molecule has 0 amide bonds. The van der Waals surface area contributed by atoms with Crippen molar-refractivity contribution < 1.29 is 5.11 Å². The van der Waals surface area contributed by atoms with Gasteiger partial charge in [0, 0.05) is 18.1 Å². The minimum absolute atomic E-state index is 0.124. The van der Waals surface area contributed by atoms with Crippen molar-refractivity contribution in [3.8, 4) is 0 Å². The van der Waals surface area contributed by atoms with E-state index in [9.17, 15) is 9.90 Å². The molecule has 0 unspecified atom stereocenters. The molecule has 1 aromatic carbocycles. The molecule has 2 atom stereocenters. The fraction of sp³-hybridized carbons (Fsp3) is 0.526. The highest BCUT2D eigenvalue weighted by Gasteiger charge is 2.36. The fourth-order valence-electron chi connectivity index (χ4n) is 4.95. The summed E-state index contributed by atoms with van der Waals surface area (Å²) in [5, 5.41) is 12.0. The lowest BCUT2D eigenvalue weighted by Crippen LogP contribution is -2.50. The second-order valence-electron chi connectivity index (χ2n) is 7.40. The number of rotatable bonds is 1. The van der Waals surface area contributed by atoms with Gasteiger partial charge in [0.2, 0.25) is 0 Å². The second kappa shape index (κ2) is 4.92. The number of nitrogens with zero attached hydrogens (tertiary/aromatic N) is 2. The monoisotopic (exact) mass is 310 g/mol. The Labute approximate surface area is 135 Å². The van der Waals surface area contributed by atoms with Crippen LogP contribution >= 0.6 is 0 Å². The zero-order valence-corrected chi connectivity index (χ0v) is 13.2. The van der Waals surface area contributed by atoms with Crippen LogP contribution in [0.25, 0.3) is 10.8 Å². The molecular weight excluding hydrogens is 288 g/mol. The molecule has 120 valence electrons. The van der Waals surface area contributed by atoms with Crippen molar-refractivity contribution in [2.24, 2.45) is 5.92 Å². The van der Waals surface area contributed by atoms with E-state index < -0.39 is 6.10 Å². The van der Waals surface area contributed by atoms with Gasteiger partial charge in [-0.2, -0.15) is 0 Å². The Morgan fingerprint density at radius 1 is 1.13 bits per heavy atom. The van der Waals surface area contributed by atoms with Crippen LogP contribution in [0.3, 0.4) is 0 Å². The Balaban J connectivity index is 1.72. The van der Waals surface area contributed by atoms with E-state index in [0.717, 1.165) is 35.7 Å². The molecule has 3 aliphatic heterocycles. The Morgan fingerprint density at radius 3 is 2.70 bits per heavy atom. The average molecular weight is 310 g/mol. The molecule has 6 rings (SSSR count). The summed E-state index contributed by atoms with van der Waals surface area (Å²) in [6.45, 7) is 3.39. The molecule has 4 nitrogen and oxygen atoms in total. The summed E-state index contributed by atoms with van der Waals surface area (Å²) in [7, 11) is 0. The van der Waals surface area contributed by atoms with Crippen LogP contribution in [0.5, 0.6) is 0 Å². The van der Waals surface area contributed by atoms with Crippen molar-refractivity contribution >= 4 is 10.8 Å². The zero-order valence-electron chi connectivity index (χ0n) is 13.2. The standard InChI is InChI=1S/C19H22N2O2/c22-17-5-4-13-10-21(16-11-20-8-6-12(16)7-9-20)19(23)15-3-1-2-14(17)18(13)15/h1-3,10,12,16-17,22H,4-9,11H2/t16-,17-/m1/s1. The number of hydrogen-bond donors (Lipinski definition) is 1. The molecular formula is C19H22N2O2. The van der Waals surface area contributed by atoms with Gasteiger partial charge in [-0.25, -0.2) is 0 Å². The van der Waals surface area contributed by atoms with E-state index in [1.807, 2.05) is 22.8 Å². The summed E-state index contributed by atoms with van der Waals surface area (Å²) in [6, 6.07) is 6.13. The first-order valence-electron chi connectivity index (χ1n) is 8.79. The van der Waals surface area contributed by atoms with E-state index in [1.54, 1.807) is 0 Å². The molecule has 0 radical (unpaired) electrons. The Hall–Kier alpha value is -1.65. The molecule has 0 spiro atoms. The maximum Gasteiger partial charge on any atom is 0.258 e. The first-order chi connectivity index (χ1) is 11.2. The topological polar surface area (TPSA) is 45.5 Å². The third-order valence-electron chi connectivity index (χ3n) is 6.20. The van der Waals surface area contributed by atoms with Gasteiger partial charge in [0.1, 0.15) is 0 Å². The summed E-state index contributed by atoms with van der Waals surface area (Å²) in [5.74, 6) is 0.639.